The van der Waals surface area contributed by atoms with E-state index >= 15 is 0 Å². The maximum atomic E-state index is 13.2. The fraction of sp³-hybridized carbons (Fsp3) is 0.500. The van der Waals surface area contributed by atoms with Gasteiger partial charge in [-0.3, -0.25) is 9.20 Å². The van der Waals surface area contributed by atoms with E-state index in [0.29, 0.717) is 6.42 Å². The maximum Gasteiger partial charge on any atom is 0.182 e. The first-order valence-corrected chi connectivity index (χ1v) is 10.1. The van der Waals surface area contributed by atoms with Crippen LogP contribution >= 0.6 is 0 Å². The number of Topliss-reactive ketones (excluding diaryl/α,β-unsaturated/α-hetero) is 1. The number of ketones is 1. The Morgan fingerprint density at radius 2 is 2.07 bits per heavy atom. The Kier molecular flexibility index (Phi) is 5.16. The molecule has 2 heterocycles. The summed E-state index contributed by atoms with van der Waals surface area (Å²) in [5, 5.41) is 0. The van der Waals surface area contributed by atoms with Gasteiger partial charge in [-0.05, 0) is 37.2 Å². The number of carbonyl (C=O) groups excluding carboxylic acids is 1. The predicted octanol–water partition coefficient (Wildman–Crippen LogP) is 6.07. The number of imidazole rings is 1. The first-order chi connectivity index (χ1) is 12.8. The molecule has 2 aromatic rings. The summed E-state index contributed by atoms with van der Waals surface area (Å²) in [5.74, 6) is 0.197. The molecule has 3 heteroatoms. The van der Waals surface area contributed by atoms with Crippen molar-refractivity contribution in [1.29, 1.82) is 0 Å². The number of hydrogen-bond acceptors (Lipinski definition) is 2. The smallest absolute Gasteiger partial charge is 0.182 e. The average molecular weight is 365 g/mol. The third kappa shape index (κ3) is 3.52. The van der Waals surface area contributed by atoms with Gasteiger partial charge in [-0.2, -0.15) is 0 Å². The maximum absolute atomic E-state index is 13.2. The summed E-state index contributed by atoms with van der Waals surface area (Å²) in [6, 6.07) is 4.20. The van der Waals surface area contributed by atoms with Crippen molar-refractivity contribution in [3.63, 3.8) is 0 Å². The van der Waals surface area contributed by atoms with Gasteiger partial charge in [0, 0.05) is 23.6 Å². The van der Waals surface area contributed by atoms with Crippen molar-refractivity contribution in [2.24, 2.45) is 5.41 Å². The van der Waals surface area contributed by atoms with E-state index in [1.165, 1.54) is 11.1 Å². The number of hydrogen-bond donors (Lipinski definition) is 0. The lowest BCUT2D eigenvalue weighted by Gasteiger charge is -2.25. The molecule has 3 nitrogen and oxygen atoms in total. The van der Waals surface area contributed by atoms with E-state index in [1.807, 2.05) is 22.7 Å². The molecule has 0 radical (unpaired) electrons. The van der Waals surface area contributed by atoms with Crippen molar-refractivity contribution >= 4 is 11.4 Å². The first-order valence-electron chi connectivity index (χ1n) is 10.1. The van der Waals surface area contributed by atoms with E-state index in [2.05, 4.69) is 53.3 Å². The van der Waals surface area contributed by atoms with Crippen LogP contribution in [0.2, 0.25) is 0 Å². The van der Waals surface area contributed by atoms with Crippen LogP contribution in [0.25, 0.3) is 5.65 Å². The molecule has 3 rings (SSSR count). The van der Waals surface area contributed by atoms with E-state index in [9.17, 15) is 4.79 Å². The predicted molar refractivity (Wildman–Crippen MR) is 112 cm³/mol. The van der Waals surface area contributed by atoms with Crippen LogP contribution in [0, 0.1) is 5.41 Å². The summed E-state index contributed by atoms with van der Waals surface area (Å²) >= 11 is 0. The minimum atomic E-state index is -0.0260. The minimum absolute atomic E-state index is 0.0210. The topological polar surface area (TPSA) is 34.4 Å². The van der Waals surface area contributed by atoms with Gasteiger partial charge in [-0.1, -0.05) is 58.4 Å². The van der Waals surface area contributed by atoms with Gasteiger partial charge in [0.15, 0.2) is 5.78 Å². The Labute approximate surface area is 163 Å². The molecule has 0 fully saturated rings. The molecule has 0 amide bonds. The lowest BCUT2D eigenvalue weighted by Crippen LogP contribution is -2.18. The monoisotopic (exact) mass is 364 g/mol. The zero-order valence-corrected chi connectivity index (χ0v) is 17.4. The zero-order chi connectivity index (χ0) is 19.8. The molecule has 1 unspecified atom stereocenters. The molecule has 0 saturated heterocycles. The Morgan fingerprint density at radius 3 is 2.67 bits per heavy atom. The van der Waals surface area contributed by atoms with Crippen LogP contribution in [-0.2, 0) is 11.8 Å². The van der Waals surface area contributed by atoms with Crippen molar-refractivity contribution in [3.8, 4) is 0 Å². The Hall–Kier alpha value is -2.16. The SMILES string of the molecule is C=CCCC(C)(C)c1cccn2c(C(=O)CC3(C)C=C3CC)c(CC)nc12. The molecule has 0 aliphatic heterocycles. The average Bonchev–Trinajstić information content (AvgIpc) is 3.12. The van der Waals surface area contributed by atoms with Crippen molar-refractivity contribution in [1.82, 2.24) is 9.38 Å². The highest BCUT2D eigenvalue weighted by Crippen LogP contribution is 2.49. The van der Waals surface area contributed by atoms with Gasteiger partial charge < -0.3 is 0 Å². The van der Waals surface area contributed by atoms with E-state index in [4.69, 9.17) is 4.98 Å². The third-order valence-electron chi connectivity index (χ3n) is 6.08. The Balaban J connectivity index is 2.03. The van der Waals surface area contributed by atoms with Gasteiger partial charge in [0.25, 0.3) is 0 Å². The number of rotatable bonds is 9. The van der Waals surface area contributed by atoms with Gasteiger partial charge in [-0.15, -0.1) is 6.58 Å². The molecule has 0 bridgehead atoms. The van der Waals surface area contributed by atoms with Crippen molar-refractivity contribution in [2.45, 2.75) is 72.1 Å². The lowest BCUT2D eigenvalue weighted by molar-refractivity contribution is 0.0956. The summed E-state index contributed by atoms with van der Waals surface area (Å²) in [7, 11) is 0. The number of pyridine rings is 1. The van der Waals surface area contributed by atoms with E-state index in [-0.39, 0.29) is 16.6 Å². The molecule has 0 N–H and O–H groups in total. The van der Waals surface area contributed by atoms with Gasteiger partial charge in [-0.25, -0.2) is 4.98 Å². The second-order valence-electron chi connectivity index (χ2n) is 8.63. The number of allylic oxidation sites excluding steroid dienone is 3. The van der Waals surface area contributed by atoms with Gasteiger partial charge in [0.1, 0.15) is 11.3 Å². The molecule has 0 aromatic carbocycles. The standard InChI is InChI=1S/C24H32N2O/c1-7-10-13-23(4,5)18-12-11-14-26-21(19(9-3)25-22(18)26)20(27)16-24(6)15-17(24)8-2/h7,11-12,14-15H,1,8-10,13,16H2,2-6H3. The van der Waals surface area contributed by atoms with E-state index in [0.717, 1.165) is 42.7 Å². The summed E-state index contributed by atoms with van der Waals surface area (Å²) in [4.78, 5) is 18.2. The van der Waals surface area contributed by atoms with E-state index < -0.39 is 0 Å². The molecule has 1 aliphatic rings. The fourth-order valence-corrected chi connectivity index (χ4v) is 4.22. The molecular weight excluding hydrogens is 332 g/mol. The van der Waals surface area contributed by atoms with Crippen molar-refractivity contribution in [2.75, 3.05) is 0 Å². The van der Waals surface area contributed by atoms with Crippen LogP contribution in [-0.4, -0.2) is 15.2 Å². The molecule has 0 spiro atoms. The van der Waals surface area contributed by atoms with Gasteiger partial charge in [0.2, 0.25) is 0 Å². The quantitative estimate of drug-likeness (QED) is 0.400. The lowest BCUT2D eigenvalue weighted by atomic mass is 9.81. The summed E-state index contributed by atoms with van der Waals surface area (Å²) in [6.45, 7) is 14.8. The highest BCUT2D eigenvalue weighted by atomic mass is 16.1. The Morgan fingerprint density at radius 1 is 1.33 bits per heavy atom. The summed E-state index contributed by atoms with van der Waals surface area (Å²) in [5.41, 5.74) is 5.16. The highest BCUT2D eigenvalue weighted by Gasteiger charge is 2.40. The second kappa shape index (κ2) is 7.10. The largest absolute Gasteiger partial charge is 0.297 e. The van der Waals surface area contributed by atoms with E-state index in [1.54, 1.807) is 0 Å². The summed E-state index contributed by atoms with van der Waals surface area (Å²) in [6.07, 6.45) is 10.5. The van der Waals surface area contributed by atoms with Crippen LogP contribution in [0.15, 0.2) is 42.6 Å². The van der Waals surface area contributed by atoms with Crippen LogP contribution in [0.3, 0.4) is 0 Å². The number of aryl methyl sites for hydroxylation is 1. The van der Waals surface area contributed by atoms with Crippen molar-refractivity contribution < 1.29 is 4.79 Å². The van der Waals surface area contributed by atoms with Crippen LogP contribution in [0.5, 0.6) is 0 Å². The highest BCUT2D eigenvalue weighted by molar-refractivity contribution is 5.98. The first kappa shape index (κ1) is 19.6. The number of carbonyl (C=O) groups is 1. The van der Waals surface area contributed by atoms with Gasteiger partial charge >= 0.3 is 0 Å². The Bertz CT molecular complexity index is 916. The van der Waals surface area contributed by atoms with Crippen molar-refractivity contribution in [3.05, 3.63) is 59.6 Å². The molecule has 144 valence electrons. The molecule has 1 aliphatic carbocycles. The molecule has 1 atom stereocenters. The molecule has 0 saturated carbocycles. The van der Waals surface area contributed by atoms with Crippen LogP contribution in [0.1, 0.15) is 82.0 Å². The molecule has 2 aromatic heterocycles. The van der Waals surface area contributed by atoms with Crippen LogP contribution < -0.4 is 0 Å². The van der Waals surface area contributed by atoms with Crippen LogP contribution in [0.4, 0.5) is 0 Å². The molecule has 27 heavy (non-hydrogen) atoms. The zero-order valence-electron chi connectivity index (χ0n) is 17.4. The summed E-state index contributed by atoms with van der Waals surface area (Å²) < 4.78 is 2.03. The normalized spacial score (nSPS) is 19.2. The third-order valence-corrected chi connectivity index (χ3v) is 6.08. The van der Waals surface area contributed by atoms with Gasteiger partial charge in [0.05, 0.1) is 5.69 Å². The number of nitrogens with zero attached hydrogens (tertiary/aromatic N) is 2. The molecular formula is C24H32N2O. The number of fused-ring (bicyclic) bond motifs is 1. The fourth-order valence-electron chi connectivity index (χ4n) is 4.22. The number of aromatic nitrogens is 2. The minimum Gasteiger partial charge on any atom is -0.297 e. The second-order valence-corrected chi connectivity index (χ2v) is 8.63.